The Hall–Kier alpha value is -3.63. The van der Waals surface area contributed by atoms with Gasteiger partial charge in [-0.05, 0) is 36.4 Å². The first-order valence-electron chi connectivity index (χ1n) is 7.31. The summed E-state index contributed by atoms with van der Waals surface area (Å²) in [5.41, 5.74) is 3.41. The fourth-order valence-corrected chi connectivity index (χ4v) is 1.81. The van der Waals surface area contributed by atoms with Crippen LogP contribution in [0.1, 0.15) is 10.4 Å². The Morgan fingerprint density at radius 2 is 1.48 bits per heavy atom. The fourth-order valence-electron chi connectivity index (χ4n) is 1.81. The second-order valence-corrected chi connectivity index (χ2v) is 5.04. The molecule has 0 radical (unpaired) electrons. The number of anilines is 1. The van der Waals surface area contributed by atoms with E-state index in [9.17, 15) is 31.9 Å². The van der Waals surface area contributed by atoms with Crippen molar-refractivity contribution in [3.63, 3.8) is 0 Å². The van der Waals surface area contributed by atoms with Gasteiger partial charge in [0.05, 0.1) is 12.2 Å². The summed E-state index contributed by atoms with van der Waals surface area (Å²) in [5, 5.41) is 3.98. The third kappa shape index (κ3) is 5.42. The molecule has 142 valence electrons. The van der Waals surface area contributed by atoms with Crippen molar-refractivity contribution in [1.29, 1.82) is 0 Å². The lowest BCUT2D eigenvalue weighted by Crippen LogP contribution is -2.48. The van der Waals surface area contributed by atoms with Gasteiger partial charge >= 0.3 is 6.03 Å². The fraction of sp³-hybridized carbons (Fsp3) is 0.0625. The molecule has 11 heteroatoms. The Balaban J connectivity index is 1.78. The highest BCUT2D eigenvalue weighted by Gasteiger charge is 2.15. The second-order valence-electron chi connectivity index (χ2n) is 5.04. The lowest BCUT2D eigenvalue weighted by Gasteiger charge is -2.10. The first kappa shape index (κ1) is 19.7. The van der Waals surface area contributed by atoms with Crippen LogP contribution >= 0.6 is 0 Å². The SMILES string of the molecule is O=C(CNC(=O)NNC(=O)c1ccc(F)cc1)Nc1ccc(F)c(F)c1F. The average molecular weight is 384 g/mol. The van der Waals surface area contributed by atoms with E-state index in [0.717, 1.165) is 18.2 Å². The molecule has 2 rings (SSSR count). The standard InChI is InChI=1S/C16H12F4N4O3/c17-9-3-1-8(2-4-9)15(26)23-24-16(27)21-7-12(25)22-11-6-5-10(18)13(19)14(11)20/h1-6H,7H2,(H,22,25)(H,23,26)(H2,21,24,27). The van der Waals surface area contributed by atoms with Crippen LogP contribution in [-0.2, 0) is 4.79 Å². The van der Waals surface area contributed by atoms with Gasteiger partial charge in [0, 0.05) is 5.56 Å². The molecule has 0 aromatic heterocycles. The third-order valence-electron chi connectivity index (χ3n) is 3.11. The van der Waals surface area contributed by atoms with Crippen molar-refractivity contribution in [1.82, 2.24) is 16.2 Å². The van der Waals surface area contributed by atoms with Crippen LogP contribution in [0.4, 0.5) is 28.0 Å². The number of amides is 4. The van der Waals surface area contributed by atoms with E-state index in [2.05, 4.69) is 0 Å². The highest BCUT2D eigenvalue weighted by atomic mass is 19.2. The maximum absolute atomic E-state index is 13.4. The molecule has 2 aromatic carbocycles. The Labute approximate surface area is 149 Å². The topological polar surface area (TPSA) is 99.3 Å². The van der Waals surface area contributed by atoms with E-state index >= 15 is 0 Å². The van der Waals surface area contributed by atoms with E-state index < -0.39 is 53.3 Å². The number of rotatable bonds is 4. The quantitative estimate of drug-likeness (QED) is 0.368. The van der Waals surface area contributed by atoms with Gasteiger partial charge in [-0.1, -0.05) is 0 Å². The van der Waals surface area contributed by atoms with Crippen LogP contribution in [0.5, 0.6) is 0 Å². The van der Waals surface area contributed by atoms with Gasteiger partial charge in [0.25, 0.3) is 5.91 Å². The molecule has 0 saturated heterocycles. The minimum Gasteiger partial charge on any atom is -0.328 e. The zero-order valence-corrected chi connectivity index (χ0v) is 13.4. The van der Waals surface area contributed by atoms with Gasteiger partial charge in [0.15, 0.2) is 17.5 Å². The van der Waals surface area contributed by atoms with Gasteiger partial charge in [-0.2, -0.15) is 0 Å². The second kappa shape index (κ2) is 8.65. The minimum atomic E-state index is -1.75. The van der Waals surface area contributed by atoms with Gasteiger partial charge in [0.1, 0.15) is 5.82 Å². The number of carbonyl (C=O) groups excluding carboxylic acids is 3. The number of benzene rings is 2. The van der Waals surface area contributed by atoms with E-state index in [1.165, 1.54) is 12.1 Å². The lowest BCUT2D eigenvalue weighted by molar-refractivity contribution is -0.115. The molecule has 0 aliphatic carbocycles. The highest BCUT2D eigenvalue weighted by molar-refractivity contribution is 5.96. The van der Waals surface area contributed by atoms with Gasteiger partial charge < -0.3 is 10.6 Å². The molecular formula is C16H12F4N4O3. The van der Waals surface area contributed by atoms with Crippen LogP contribution in [0.2, 0.25) is 0 Å². The number of hydrogen-bond donors (Lipinski definition) is 4. The number of hydrogen-bond acceptors (Lipinski definition) is 3. The maximum Gasteiger partial charge on any atom is 0.333 e. The molecule has 0 atom stereocenters. The molecule has 0 unspecified atom stereocenters. The summed E-state index contributed by atoms with van der Waals surface area (Å²) in [6, 6.07) is 4.94. The van der Waals surface area contributed by atoms with Crippen molar-refractivity contribution in [3.8, 4) is 0 Å². The first-order valence-corrected chi connectivity index (χ1v) is 7.31. The highest BCUT2D eigenvalue weighted by Crippen LogP contribution is 2.19. The molecule has 27 heavy (non-hydrogen) atoms. The van der Waals surface area contributed by atoms with Gasteiger partial charge in [-0.25, -0.2) is 27.8 Å². The lowest BCUT2D eigenvalue weighted by atomic mass is 10.2. The number of halogens is 4. The summed E-state index contributed by atoms with van der Waals surface area (Å²) in [5.74, 6) is -6.96. The smallest absolute Gasteiger partial charge is 0.328 e. The molecule has 0 fully saturated rings. The number of nitrogens with one attached hydrogen (secondary N) is 4. The summed E-state index contributed by atoms with van der Waals surface area (Å²) in [7, 11) is 0. The summed E-state index contributed by atoms with van der Waals surface area (Å²) in [6.07, 6.45) is 0. The van der Waals surface area contributed by atoms with Gasteiger partial charge in [0.2, 0.25) is 5.91 Å². The Morgan fingerprint density at radius 3 is 2.15 bits per heavy atom. The van der Waals surface area contributed by atoms with Crippen molar-refractivity contribution < 1.29 is 31.9 Å². The van der Waals surface area contributed by atoms with Crippen LogP contribution in [-0.4, -0.2) is 24.4 Å². The zero-order chi connectivity index (χ0) is 20.0. The van der Waals surface area contributed by atoms with Gasteiger partial charge in [-0.3, -0.25) is 15.0 Å². The van der Waals surface area contributed by atoms with Crippen molar-refractivity contribution in [2.45, 2.75) is 0 Å². The molecule has 4 amide bonds. The Bertz CT molecular complexity index is 875. The van der Waals surface area contributed by atoms with Crippen LogP contribution in [0, 0.1) is 23.3 Å². The molecule has 0 heterocycles. The molecule has 7 nitrogen and oxygen atoms in total. The van der Waals surface area contributed by atoms with Crippen molar-refractivity contribution >= 4 is 23.5 Å². The van der Waals surface area contributed by atoms with Crippen LogP contribution < -0.4 is 21.5 Å². The number of urea groups is 1. The molecule has 0 bridgehead atoms. The molecule has 2 aromatic rings. The number of carbonyl (C=O) groups is 3. The van der Waals surface area contributed by atoms with Crippen LogP contribution in [0.3, 0.4) is 0 Å². The van der Waals surface area contributed by atoms with E-state index in [-0.39, 0.29) is 5.56 Å². The Morgan fingerprint density at radius 1 is 0.815 bits per heavy atom. The van der Waals surface area contributed by atoms with Crippen molar-refractivity contribution in [2.24, 2.45) is 0 Å². The first-order chi connectivity index (χ1) is 12.8. The van der Waals surface area contributed by atoms with E-state index in [0.29, 0.717) is 6.07 Å². The Kier molecular flexibility index (Phi) is 6.31. The predicted molar refractivity (Wildman–Crippen MR) is 85.3 cm³/mol. The molecule has 0 aliphatic heterocycles. The molecule has 0 spiro atoms. The van der Waals surface area contributed by atoms with E-state index in [4.69, 9.17) is 0 Å². The minimum absolute atomic E-state index is 0.0725. The average Bonchev–Trinajstić information content (AvgIpc) is 2.65. The van der Waals surface area contributed by atoms with Crippen molar-refractivity contribution in [3.05, 3.63) is 65.2 Å². The van der Waals surface area contributed by atoms with E-state index in [1.54, 1.807) is 0 Å². The summed E-state index contributed by atoms with van der Waals surface area (Å²) in [4.78, 5) is 34.8. The van der Waals surface area contributed by atoms with Crippen LogP contribution in [0.25, 0.3) is 0 Å². The molecule has 4 N–H and O–H groups in total. The summed E-state index contributed by atoms with van der Waals surface area (Å²) < 4.78 is 52.0. The van der Waals surface area contributed by atoms with Crippen LogP contribution in [0.15, 0.2) is 36.4 Å². The normalized spacial score (nSPS) is 10.1. The molecular weight excluding hydrogens is 372 g/mol. The van der Waals surface area contributed by atoms with Gasteiger partial charge in [-0.15, -0.1) is 0 Å². The molecule has 0 saturated carbocycles. The summed E-state index contributed by atoms with van der Waals surface area (Å²) in [6.45, 7) is -0.656. The number of hydrazine groups is 1. The zero-order valence-electron chi connectivity index (χ0n) is 13.4. The summed E-state index contributed by atoms with van der Waals surface area (Å²) >= 11 is 0. The van der Waals surface area contributed by atoms with E-state index in [1.807, 2.05) is 21.5 Å². The predicted octanol–water partition coefficient (Wildman–Crippen LogP) is 1.83. The van der Waals surface area contributed by atoms with Crippen molar-refractivity contribution in [2.75, 3.05) is 11.9 Å². The maximum atomic E-state index is 13.4. The monoisotopic (exact) mass is 384 g/mol. The molecule has 0 aliphatic rings. The largest absolute Gasteiger partial charge is 0.333 e. The third-order valence-corrected chi connectivity index (χ3v) is 3.11.